The molecule has 0 aliphatic heterocycles. The molecule has 5 nitrogen and oxygen atoms in total. The van der Waals surface area contributed by atoms with Gasteiger partial charge in [0.15, 0.2) is 17.3 Å². The van der Waals surface area contributed by atoms with Crippen LogP contribution in [0.15, 0.2) is 34.7 Å². The van der Waals surface area contributed by atoms with Crippen molar-refractivity contribution in [2.45, 2.75) is 61.3 Å². The molecule has 0 saturated carbocycles. The third-order valence-electron chi connectivity index (χ3n) is 7.37. The molecule has 1 amide bonds. The molecule has 3 aromatic rings. The van der Waals surface area contributed by atoms with Gasteiger partial charge >= 0.3 is 0 Å². The third kappa shape index (κ3) is 5.95. The first-order valence-electron chi connectivity index (χ1n) is 12.7. The normalized spacial score (nSPS) is 11.2. The van der Waals surface area contributed by atoms with Crippen LogP contribution in [0.3, 0.4) is 0 Å². The fourth-order valence-corrected chi connectivity index (χ4v) is 4.78. The number of hydrogen-bond donors (Lipinski definition) is 0. The van der Waals surface area contributed by atoms with Crippen LogP contribution < -0.4 is 9.47 Å². The van der Waals surface area contributed by atoms with Crippen molar-refractivity contribution < 1.29 is 18.7 Å². The Balaban J connectivity index is 1.78. The van der Waals surface area contributed by atoms with E-state index in [2.05, 4.69) is 48.5 Å². The lowest BCUT2D eigenvalue weighted by molar-refractivity contribution is 0.0704. The molecule has 194 valence electrons. The van der Waals surface area contributed by atoms with Crippen LogP contribution >= 0.6 is 0 Å². The van der Waals surface area contributed by atoms with E-state index in [0.717, 1.165) is 11.3 Å². The lowest BCUT2D eigenvalue weighted by atomic mass is 9.88. The number of carbonyl (C=O) groups is 1. The van der Waals surface area contributed by atoms with Crippen molar-refractivity contribution in [1.29, 1.82) is 0 Å². The lowest BCUT2D eigenvalue weighted by Crippen LogP contribution is -2.35. The monoisotopic (exact) mass is 491 g/mol. The molecule has 0 unspecified atom stereocenters. The van der Waals surface area contributed by atoms with E-state index in [4.69, 9.17) is 13.9 Å². The SMILES string of the molecule is COc1ccc(CCN(CC(C)C)C(=O)c2ccc(Cc3c(C)c(C)c(C)c(C)c3C)o2)cc1OC. The molecule has 0 bridgehead atoms. The van der Waals surface area contributed by atoms with E-state index in [1.807, 2.05) is 35.2 Å². The number of amides is 1. The maximum Gasteiger partial charge on any atom is 0.289 e. The molecule has 36 heavy (non-hydrogen) atoms. The second kappa shape index (κ2) is 11.7. The molecule has 5 heteroatoms. The van der Waals surface area contributed by atoms with Crippen LogP contribution in [0.1, 0.15) is 69.1 Å². The molecular weight excluding hydrogens is 450 g/mol. The molecule has 1 aromatic heterocycles. The van der Waals surface area contributed by atoms with Crippen LogP contribution in [-0.2, 0) is 12.8 Å². The van der Waals surface area contributed by atoms with Gasteiger partial charge in [0.1, 0.15) is 5.76 Å². The van der Waals surface area contributed by atoms with Gasteiger partial charge in [0, 0.05) is 19.5 Å². The van der Waals surface area contributed by atoms with Gasteiger partial charge < -0.3 is 18.8 Å². The van der Waals surface area contributed by atoms with Gasteiger partial charge in [-0.3, -0.25) is 4.79 Å². The van der Waals surface area contributed by atoms with Crippen LogP contribution in [0.2, 0.25) is 0 Å². The summed E-state index contributed by atoms with van der Waals surface area (Å²) in [6.07, 6.45) is 1.40. The van der Waals surface area contributed by atoms with E-state index in [0.29, 0.717) is 49.1 Å². The fourth-order valence-electron chi connectivity index (χ4n) is 4.78. The van der Waals surface area contributed by atoms with Gasteiger partial charge in [-0.25, -0.2) is 0 Å². The van der Waals surface area contributed by atoms with E-state index in [9.17, 15) is 4.79 Å². The Morgan fingerprint density at radius 2 is 1.47 bits per heavy atom. The number of carbonyl (C=O) groups excluding carboxylic acids is 1. The van der Waals surface area contributed by atoms with Crippen molar-refractivity contribution in [2.75, 3.05) is 27.3 Å². The van der Waals surface area contributed by atoms with Gasteiger partial charge in [-0.05, 0) is 110 Å². The minimum atomic E-state index is -0.0693. The predicted molar refractivity (Wildman–Crippen MR) is 146 cm³/mol. The fraction of sp³-hybridized carbons (Fsp3) is 0.452. The Kier molecular flexibility index (Phi) is 8.89. The summed E-state index contributed by atoms with van der Waals surface area (Å²) in [7, 11) is 3.26. The summed E-state index contributed by atoms with van der Waals surface area (Å²) in [5.41, 5.74) is 8.99. The van der Waals surface area contributed by atoms with Gasteiger partial charge in [-0.15, -0.1) is 0 Å². The second-order valence-corrected chi connectivity index (χ2v) is 10.1. The summed E-state index contributed by atoms with van der Waals surface area (Å²) in [6, 6.07) is 9.65. The third-order valence-corrected chi connectivity index (χ3v) is 7.37. The largest absolute Gasteiger partial charge is 0.493 e. The topological polar surface area (TPSA) is 51.9 Å². The van der Waals surface area contributed by atoms with Gasteiger partial charge in [0.25, 0.3) is 5.91 Å². The minimum Gasteiger partial charge on any atom is -0.493 e. The highest BCUT2D eigenvalue weighted by atomic mass is 16.5. The molecule has 0 N–H and O–H groups in total. The molecule has 0 spiro atoms. The highest BCUT2D eigenvalue weighted by Gasteiger charge is 2.21. The number of hydrogen-bond acceptors (Lipinski definition) is 4. The van der Waals surface area contributed by atoms with Crippen molar-refractivity contribution in [3.63, 3.8) is 0 Å². The zero-order chi connectivity index (χ0) is 26.6. The van der Waals surface area contributed by atoms with E-state index in [1.165, 1.54) is 33.4 Å². The molecule has 0 aliphatic rings. The molecular formula is C31H41NO4. The van der Waals surface area contributed by atoms with Crippen LogP contribution in [-0.4, -0.2) is 38.1 Å². The second-order valence-electron chi connectivity index (χ2n) is 10.1. The van der Waals surface area contributed by atoms with Gasteiger partial charge in [0.2, 0.25) is 0 Å². The van der Waals surface area contributed by atoms with E-state index >= 15 is 0 Å². The summed E-state index contributed by atoms with van der Waals surface area (Å²) in [5.74, 6) is 2.88. The molecule has 0 radical (unpaired) electrons. The summed E-state index contributed by atoms with van der Waals surface area (Å²) in [5, 5.41) is 0. The highest BCUT2D eigenvalue weighted by molar-refractivity contribution is 5.91. The van der Waals surface area contributed by atoms with Gasteiger partial charge in [0.05, 0.1) is 14.2 Å². The van der Waals surface area contributed by atoms with E-state index in [-0.39, 0.29) is 5.91 Å². The first kappa shape index (κ1) is 27.4. The number of rotatable bonds is 10. The summed E-state index contributed by atoms with van der Waals surface area (Å²) in [6.45, 7) is 16.4. The molecule has 0 atom stereocenters. The zero-order valence-electron chi connectivity index (χ0n) is 23.4. The van der Waals surface area contributed by atoms with Gasteiger partial charge in [-0.1, -0.05) is 19.9 Å². The first-order valence-corrected chi connectivity index (χ1v) is 12.7. The number of methoxy groups -OCH3 is 2. The summed E-state index contributed by atoms with van der Waals surface area (Å²) < 4.78 is 16.9. The average molecular weight is 492 g/mol. The smallest absolute Gasteiger partial charge is 0.289 e. The summed E-state index contributed by atoms with van der Waals surface area (Å²) >= 11 is 0. The maximum atomic E-state index is 13.5. The van der Waals surface area contributed by atoms with Crippen molar-refractivity contribution in [1.82, 2.24) is 4.90 Å². The first-order chi connectivity index (χ1) is 17.1. The van der Waals surface area contributed by atoms with Crippen molar-refractivity contribution in [3.8, 4) is 11.5 Å². The number of nitrogens with zero attached hydrogens (tertiary/aromatic N) is 1. The van der Waals surface area contributed by atoms with Crippen LogP contribution in [0, 0.1) is 40.5 Å². The number of ether oxygens (including phenoxy) is 2. The highest BCUT2D eigenvalue weighted by Crippen LogP contribution is 2.29. The Bertz CT molecular complexity index is 1190. The Labute approximate surface area is 216 Å². The molecule has 2 aromatic carbocycles. The standard InChI is InChI=1S/C31H41NO4/c1-19(2)18-32(15-14-25-10-12-28(34-8)30(16-25)35-9)31(33)29-13-11-26(36-29)17-27-23(6)21(4)20(3)22(5)24(27)7/h10-13,16,19H,14-15,17-18H2,1-9H3. The Morgan fingerprint density at radius 1 is 0.861 bits per heavy atom. The Morgan fingerprint density at radius 3 is 2.06 bits per heavy atom. The average Bonchev–Trinajstić information content (AvgIpc) is 3.34. The lowest BCUT2D eigenvalue weighted by Gasteiger charge is -2.24. The van der Waals surface area contributed by atoms with Crippen molar-refractivity contribution in [2.24, 2.45) is 5.92 Å². The van der Waals surface area contributed by atoms with Crippen LogP contribution in [0.4, 0.5) is 0 Å². The predicted octanol–water partition coefficient (Wildman–Crippen LogP) is 6.77. The minimum absolute atomic E-state index is 0.0693. The molecule has 1 heterocycles. The Hall–Kier alpha value is -3.21. The van der Waals surface area contributed by atoms with Gasteiger partial charge in [-0.2, -0.15) is 0 Å². The molecule has 3 rings (SSSR count). The molecule has 0 saturated heterocycles. The number of benzene rings is 2. The number of furan rings is 1. The van der Waals surface area contributed by atoms with Crippen LogP contribution in [0.25, 0.3) is 0 Å². The quantitative estimate of drug-likeness (QED) is 0.314. The van der Waals surface area contributed by atoms with Crippen molar-refractivity contribution >= 4 is 5.91 Å². The maximum absolute atomic E-state index is 13.5. The van der Waals surface area contributed by atoms with E-state index < -0.39 is 0 Å². The molecule has 0 fully saturated rings. The zero-order valence-corrected chi connectivity index (χ0v) is 23.4. The summed E-state index contributed by atoms with van der Waals surface area (Å²) in [4.78, 5) is 15.4. The van der Waals surface area contributed by atoms with Crippen LogP contribution in [0.5, 0.6) is 11.5 Å². The molecule has 0 aliphatic carbocycles. The van der Waals surface area contributed by atoms with E-state index in [1.54, 1.807) is 14.2 Å². The van der Waals surface area contributed by atoms with Crippen molar-refractivity contribution in [3.05, 3.63) is 80.8 Å².